The van der Waals surface area contributed by atoms with Crippen LogP contribution >= 0.6 is 0 Å². The van der Waals surface area contributed by atoms with Crippen LogP contribution in [0, 0.1) is 5.92 Å². The third-order valence-corrected chi connectivity index (χ3v) is 4.36. The molecule has 0 aromatic rings. The molecule has 19 heavy (non-hydrogen) atoms. The van der Waals surface area contributed by atoms with Gasteiger partial charge in [-0.25, -0.2) is 0 Å². The monoisotopic (exact) mass is 274 g/mol. The quantitative estimate of drug-likeness (QED) is 0.789. The number of aliphatic hydroxyl groups excluding tert-OH is 1. The molecule has 6 nitrogen and oxygen atoms in total. The minimum Gasteiger partial charge on any atom is -0.390 e. The van der Waals surface area contributed by atoms with Crippen LogP contribution in [0.1, 0.15) is 27.2 Å². The van der Waals surface area contributed by atoms with Gasteiger partial charge in [-0.3, -0.25) is 4.79 Å². The minimum atomic E-state index is -1.21. The Morgan fingerprint density at radius 2 is 1.74 bits per heavy atom. The van der Waals surface area contributed by atoms with Crippen LogP contribution in [0.5, 0.6) is 0 Å². The third-order valence-electron chi connectivity index (χ3n) is 4.36. The summed E-state index contributed by atoms with van der Waals surface area (Å²) < 4.78 is 22.3. The average molecular weight is 274 g/mol. The Kier molecular flexibility index (Phi) is 3.75. The minimum absolute atomic E-state index is 0.0725. The van der Waals surface area contributed by atoms with Crippen molar-refractivity contribution in [3.05, 3.63) is 0 Å². The molecule has 1 saturated carbocycles. The van der Waals surface area contributed by atoms with E-state index in [1.54, 1.807) is 20.8 Å². The molecule has 1 aliphatic carbocycles. The molecule has 6 heteroatoms. The number of carbonyl (C=O) groups is 1. The normalized spacial score (nSPS) is 50.9. The highest BCUT2D eigenvalue weighted by molar-refractivity contribution is 5.87. The Balaban J connectivity index is 2.34. The van der Waals surface area contributed by atoms with E-state index in [1.807, 2.05) is 0 Å². The fraction of sp³-hybridized carbons (Fsp3) is 0.923. The van der Waals surface area contributed by atoms with Gasteiger partial charge in [0.05, 0.1) is 6.10 Å². The first-order chi connectivity index (χ1) is 8.78. The van der Waals surface area contributed by atoms with Crippen molar-refractivity contribution in [2.24, 2.45) is 5.92 Å². The topological polar surface area (TPSA) is 74.2 Å². The van der Waals surface area contributed by atoms with Gasteiger partial charge in [-0.05, 0) is 20.3 Å². The molecule has 0 aromatic heterocycles. The van der Waals surface area contributed by atoms with Crippen LogP contribution in [0.3, 0.4) is 0 Å². The Hall–Kier alpha value is -0.530. The van der Waals surface area contributed by atoms with E-state index in [0.29, 0.717) is 6.42 Å². The highest BCUT2D eigenvalue weighted by Gasteiger charge is 2.61. The van der Waals surface area contributed by atoms with Crippen LogP contribution in [0.15, 0.2) is 0 Å². The van der Waals surface area contributed by atoms with Crippen molar-refractivity contribution in [1.82, 2.24) is 0 Å². The zero-order valence-corrected chi connectivity index (χ0v) is 12.0. The van der Waals surface area contributed by atoms with Gasteiger partial charge in [-0.2, -0.15) is 0 Å². The van der Waals surface area contributed by atoms with Crippen LogP contribution in [-0.2, 0) is 23.7 Å². The molecular weight excluding hydrogens is 252 g/mol. The lowest BCUT2D eigenvalue weighted by atomic mass is 9.81. The van der Waals surface area contributed by atoms with Crippen LogP contribution in [0.25, 0.3) is 0 Å². The van der Waals surface area contributed by atoms with E-state index in [-0.39, 0.29) is 11.7 Å². The van der Waals surface area contributed by atoms with Gasteiger partial charge in [0, 0.05) is 20.1 Å². The summed E-state index contributed by atoms with van der Waals surface area (Å²) in [5, 5.41) is 10.1. The number of carbonyl (C=O) groups excluding carboxylic acids is 1. The lowest BCUT2D eigenvalue weighted by Crippen LogP contribution is -2.70. The molecule has 0 aromatic carbocycles. The van der Waals surface area contributed by atoms with Gasteiger partial charge in [0.1, 0.15) is 12.2 Å². The van der Waals surface area contributed by atoms with Crippen molar-refractivity contribution in [2.75, 3.05) is 14.2 Å². The number of ketones is 1. The first-order valence-electron chi connectivity index (χ1n) is 6.45. The average Bonchev–Trinajstić information content (AvgIpc) is 2.38. The van der Waals surface area contributed by atoms with Gasteiger partial charge in [0.25, 0.3) is 0 Å². The molecule has 1 saturated heterocycles. The number of Topliss-reactive ketones (excluding diaryl/α,β-unsaturated/α-hetero) is 1. The number of aliphatic hydroxyl groups is 1. The van der Waals surface area contributed by atoms with Crippen molar-refractivity contribution >= 4 is 5.78 Å². The molecule has 0 unspecified atom stereocenters. The number of methoxy groups -OCH3 is 2. The molecule has 0 amide bonds. The second-order valence-corrected chi connectivity index (χ2v) is 5.53. The summed E-state index contributed by atoms with van der Waals surface area (Å²) in [5.41, 5.74) is 0. The lowest BCUT2D eigenvalue weighted by Gasteiger charge is -2.54. The highest BCUT2D eigenvalue weighted by atomic mass is 16.8. The SMILES string of the molecule is CO[C@]1(C)O[C@H]2[C@@H](O)C[C@H](C)C(=O)[C@@H]2O[C@@]1(C)OC. The number of ether oxygens (including phenoxy) is 4. The molecule has 1 N–H and O–H groups in total. The van der Waals surface area contributed by atoms with E-state index in [2.05, 4.69) is 0 Å². The number of rotatable bonds is 2. The van der Waals surface area contributed by atoms with Gasteiger partial charge >= 0.3 is 0 Å². The van der Waals surface area contributed by atoms with Crippen molar-refractivity contribution < 1.29 is 28.8 Å². The highest BCUT2D eigenvalue weighted by Crippen LogP contribution is 2.43. The maximum absolute atomic E-state index is 12.2. The molecule has 6 atom stereocenters. The van der Waals surface area contributed by atoms with Gasteiger partial charge in [-0.1, -0.05) is 6.92 Å². The summed E-state index contributed by atoms with van der Waals surface area (Å²) in [6.45, 7) is 5.10. The second-order valence-electron chi connectivity index (χ2n) is 5.53. The molecular formula is C13H22O6. The number of hydrogen-bond acceptors (Lipinski definition) is 6. The molecule has 0 bridgehead atoms. The molecule has 0 radical (unpaired) electrons. The molecule has 2 aliphatic rings. The predicted molar refractivity (Wildman–Crippen MR) is 65.4 cm³/mol. The third kappa shape index (κ3) is 2.11. The van der Waals surface area contributed by atoms with Crippen molar-refractivity contribution in [2.45, 2.75) is 57.1 Å². The zero-order valence-electron chi connectivity index (χ0n) is 12.0. The standard InChI is InChI=1S/C13H22O6/c1-7-6-8(14)10-11(9(7)15)19-13(3,17-5)12(2,16-4)18-10/h7-8,10-11,14H,6H2,1-5H3/t7-,8-,10-,11-,12+,13+/m0/s1. The summed E-state index contributed by atoms with van der Waals surface area (Å²) in [6.07, 6.45) is -1.94. The first-order valence-corrected chi connectivity index (χ1v) is 6.45. The van der Waals surface area contributed by atoms with Crippen LogP contribution in [-0.4, -0.2) is 55.0 Å². The van der Waals surface area contributed by atoms with Crippen LogP contribution in [0.2, 0.25) is 0 Å². The van der Waals surface area contributed by atoms with Crippen molar-refractivity contribution in [3.63, 3.8) is 0 Å². The van der Waals surface area contributed by atoms with Gasteiger partial charge in [-0.15, -0.1) is 0 Å². The fourth-order valence-corrected chi connectivity index (χ4v) is 2.71. The largest absolute Gasteiger partial charge is 0.390 e. The fourth-order valence-electron chi connectivity index (χ4n) is 2.71. The molecule has 2 rings (SSSR count). The van der Waals surface area contributed by atoms with Gasteiger partial charge < -0.3 is 24.1 Å². The Morgan fingerprint density at radius 1 is 1.21 bits per heavy atom. The van der Waals surface area contributed by atoms with E-state index in [9.17, 15) is 9.90 Å². The van der Waals surface area contributed by atoms with E-state index in [0.717, 1.165) is 0 Å². The molecule has 0 spiro atoms. The van der Waals surface area contributed by atoms with Crippen LogP contribution in [0.4, 0.5) is 0 Å². The summed E-state index contributed by atoms with van der Waals surface area (Å²) in [5.74, 6) is -2.73. The maximum atomic E-state index is 12.2. The first kappa shape index (κ1) is 14.9. The molecule has 1 heterocycles. The summed E-state index contributed by atoms with van der Waals surface area (Å²) in [4.78, 5) is 12.2. The summed E-state index contributed by atoms with van der Waals surface area (Å²) >= 11 is 0. The number of fused-ring (bicyclic) bond motifs is 1. The van der Waals surface area contributed by atoms with Crippen LogP contribution < -0.4 is 0 Å². The molecule has 2 fully saturated rings. The molecule has 1 aliphatic heterocycles. The predicted octanol–water partition coefficient (Wildman–Crippen LogP) is 0.465. The Morgan fingerprint density at radius 3 is 2.26 bits per heavy atom. The van der Waals surface area contributed by atoms with E-state index in [4.69, 9.17) is 18.9 Å². The van der Waals surface area contributed by atoms with Crippen molar-refractivity contribution in [3.8, 4) is 0 Å². The number of hydrogen-bond donors (Lipinski definition) is 1. The Bertz CT molecular complexity index is 372. The smallest absolute Gasteiger partial charge is 0.221 e. The maximum Gasteiger partial charge on any atom is 0.221 e. The van der Waals surface area contributed by atoms with Gasteiger partial charge in [0.15, 0.2) is 5.78 Å². The van der Waals surface area contributed by atoms with E-state index in [1.165, 1.54) is 14.2 Å². The molecule has 110 valence electrons. The second kappa shape index (κ2) is 4.79. The van der Waals surface area contributed by atoms with E-state index < -0.39 is 29.9 Å². The van der Waals surface area contributed by atoms with Crippen molar-refractivity contribution in [1.29, 1.82) is 0 Å². The van der Waals surface area contributed by atoms with Gasteiger partial charge in [0.2, 0.25) is 11.6 Å². The zero-order chi connectivity index (χ0) is 14.4. The van der Waals surface area contributed by atoms with E-state index >= 15 is 0 Å². The Labute approximate surface area is 113 Å². The summed E-state index contributed by atoms with van der Waals surface area (Å²) in [7, 11) is 2.94. The lowest BCUT2D eigenvalue weighted by molar-refractivity contribution is -0.450. The summed E-state index contributed by atoms with van der Waals surface area (Å²) in [6, 6.07) is 0.